The van der Waals surface area contributed by atoms with Crippen LogP contribution in [0.5, 0.6) is 0 Å². The molecule has 0 rings (SSSR count). The van der Waals surface area contributed by atoms with Gasteiger partial charge in [-0.1, -0.05) is 12.3 Å². The first-order valence-electron chi connectivity index (χ1n) is 4.07. The third-order valence-electron chi connectivity index (χ3n) is 1.63. The lowest BCUT2D eigenvalue weighted by atomic mass is 10.5. The molecule has 13 heavy (non-hydrogen) atoms. The first-order chi connectivity index (χ1) is 6.24. The van der Waals surface area contributed by atoms with Crippen molar-refractivity contribution in [2.75, 3.05) is 20.8 Å². The second-order valence-electron chi connectivity index (χ2n) is 2.42. The van der Waals surface area contributed by atoms with Crippen LogP contribution in [0.4, 0.5) is 0 Å². The molecule has 0 atom stereocenters. The first kappa shape index (κ1) is 12.4. The molecule has 0 aliphatic heterocycles. The number of hydrogen-bond donors (Lipinski definition) is 1. The fourth-order valence-electron chi connectivity index (χ4n) is 0.893. The highest BCUT2D eigenvalue weighted by Gasteiger charge is 2.39. The summed E-state index contributed by atoms with van der Waals surface area (Å²) >= 11 is 0. The third-order valence-corrected chi connectivity index (χ3v) is 4.32. The summed E-state index contributed by atoms with van der Waals surface area (Å²) < 4.78 is 15.8. The molecule has 0 heterocycles. The zero-order valence-corrected chi connectivity index (χ0v) is 9.21. The van der Waals surface area contributed by atoms with Crippen LogP contribution in [0.1, 0.15) is 6.42 Å². The van der Waals surface area contributed by atoms with Crippen molar-refractivity contribution in [3.63, 3.8) is 0 Å². The number of nitrogens with two attached hydrogens (primary N) is 1. The van der Waals surface area contributed by atoms with Crippen LogP contribution in [0.15, 0.2) is 18.6 Å². The molecule has 76 valence electrons. The molecular weight excluding hydrogens is 186 g/mol. The minimum atomic E-state index is -2.52. The van der Waals surface area contributed by atoms with E-state index in [0.29, 0.717) is 12.6 Å². The molecule has 0 saturated heterocycles. The highest BCUT2D eigenvalue weighted by atomic mass is 28.4. The zero-order valence-electron chi connectivity index (χ0n) is 8.21. The maximum atomic E-state index is 5.39. The molecule has 0 fully saturated rings. The normalized spacial score (nSPS) is 10.7. The maximum absolute atomic E-state index is 5.39. The summed E-state index contributed by atoms with van der Waals surface area (Å²) in [5, 5.41) is 0. The summed E-state index contributed by atoms with van der Waals surface area (Å²) in [6, 6.07) is 0.703. The van der Waals surface area contributed by atoms with Crippen molar-refractivity contribution >= 4 is 8.80 Å². The SMILES string of the molecule is C=C=CO[Si](CCCN)(OC)OC. The smallest absolute Gasteiger partial charge is 0.500 e. The largest absolute Gasteiger partial charge is 0.565 e. The van der Waals surface area contributed by atoms with Crippen LogP contribution in [0.2, 0.25) is 6.04 Å². The van der Waals surface area contributed by atoms with E-state index in [4.69, 9.17) is 19.0 Å². The fourth-order valence-corrected chi connectivity index (χ4v) is 2.68. The summed E-state index contributed by atoms with van der Waals surface area (Å²) in [5.41, 5.74) is 7.91. The van der Waals surface area contributed by atoms with Crippen LogP contribution < -0.4 is 5.73 Å². The Morgan fingerprint density at radius 2 is 2.08 bits per heavy atom. The molecule has 0 aliphatic rings. The highest BCUT2D eigenvalue weighted by molar-refractivity contribution is 6.60. The van der Waals surface area contributed by atoms with E-state index in [-0.39, 0.29) is 0 Å². The molecule has 0 radical (unpaired) electrons. The van der Waals surface area contributed by atoms with Gasteiger partial charge in [0.25, 0.3) is 0 Å². The lowest BCUT2D eigenvalue weighted by Crippen LogP contribution is -2.42. The van der Waals surface area contributed by atoms with Crippen LogP contribution in [-0.2, 0) is 13.3 Å². The molecule has 0 unspecified atom stereocenters. The summed E-state index contributed by atoms with van der Waals surface area (Å²) in [6.45, 7) is 3.99. The predicted octanol–water partition coefficient (Wildman–Crippen LogP) is 0.882. The molecule has 0 aromatic rings. The van der Waals surface area contributed by atoms with Gasteiger partial charge in [0.15, 0.2) is 0 Å². The minimum Gasteiger partial charge on any atom is -0.500 e. The first-order valence-corrected chi connectivity index (χ1v) is 6.00. The molecule has 0 aliphatic carbocycles. The van der Waals surface area contributed by atoms with Crippen molar-refractivity contribution in [1.82, 2.24) is 0 Å². The Morgan fingerprint density at radius 1 is 1.46 bits per heavy atom. The van der Waals surface area contributed by atoms with Gasteiger partial charge in [-0.15, -0.1) is 0 Å². The van der Waals surface area contributed by atoms with Gasteiger partial charge in [-0.05, 0) is 13.0 Å². The van der Waals surface area contributed by atoms with Crippen molar-refractivity contribution in [2.24, 2.45) is 5.73 Å². The van der Waals surface area contributed by atoms with Crippen LogP contribution in [0, 0.1) is 0 Å². The molecule has 0 aromatic carbocycles. The second kappa shape index (κ2) is 6.88. The molecule has 2 N–H and O–H groups in total. The van der Waals surface area contributed by atoms with Gasteiger partial charge in [-0.3, -0.25) is 0 Å². The van der Waals surface area contributed by atoms with Gasteiger partial charge in [-0.2, -0.15) is 0 Å². The Kier molecular flexibility index (Phi) is 6.57. The maximum Gasteiger partial charge on any atom is 0.565 e. The van der Waals surface area contributed by atoms with E-state index in [1.165, 1.54) is 6.26 Å². The van der Waals surface area contributed by atoms with E-state index in [9.17, 15) is 0 Å². The average molecular weight is 203 g/mol. The number of rotatable bonds is 7. The Labute approximate surface area is 80.3 Å². The Hall–Kier alpha value is -0.583. The zero-order chi connectivity index (χ0) is 10.2. The van der Waals surface area contributed by atoms with Crippen LogP contribution >= 0.6 is 0 Å². The van der Waals surface area contributed by atoms with E-state index in [0.717, 1.165) is 6.42 Å². The van der Waals surface area contributed by atoms with E-state index in [2.05, 4.69) is 12.3 Å². The third kappa shape index (κ3) is 4.26. The lowest BCUT2D eigenvalue weighted by molar-refractivity contribution is 0.140. The van der Waals surface area contributed by atoms with Gasteiger partial charge in [0.05, 0.1) is 0 Å². The molecule has 0 saturated carbocycles. The van der Waals surface area contributed by atoms with E-state index >= 15 is 0 Å². The van der Waals surface area contributed by atoms with Crippen molar-refractivity contribution in [2.45, 2.75) is 12.5 Å². The van der Waals surface area contributed by atoms with E-state index in [1.54, 1.807) is 14.2 Å². The van der Waals surface area contributed by atoms with Crippen molar-refractivity contribution in [3.8, 4) is 0 Å². The standard InChI is InChI=1S/C8H17NO3Si/c1-4-7-12-13(10-2,11-3)8-5-6-9/h7H,1,5-6,8-9H2,2-3H3. The Balaban J connectivity index is 4.20. The van der Waals surface area contributed by atoms with Gasteiger partial charge in [0.1, 0.15) is 6.26 Å². The monoisotopic (exact) mass is 203 g/mol. The van der Waals surface area contributed by atoms with Crippen molar-refractivity contribution in [1.29, 1.82) is 0 Å². The molecule has 0 bridgehead atoms. The van der Waals surface area contributed by atoms with Crippen LogP contribution in [0.3, 0.4) is 0 Å². The van der Waals surface area contributed by atoms with Gasteiger partial charge < -0.3 is 19.0 Å². The molecule has 5 heteroatoms. The number of hydrogen-bond acceptors (Lipinski definition) is 4. The van der Waals surface area contributed by atoms with E-state index in [1.807, 2.05) is 0 Å². The quantitative estimate of drug-likeness (QED) is 0.379. The van der Waals surface area contributed by atoms with Gasteiger partial charge >= 0.3 is 8.80 Å². The highest BCUT2D eigenvalue weighted by Crippen LogP contribution is 2.15. The van der Waals surface area contributed by atoms with Crippen molar-refractivity contribution in [3.05, 3.63) is 18.6 Å². The molecular formula is C8H17NO3Si. The topological polar surface area (TPSA) is 53.7 Å². The minimum absolute atomic E-state index is 0.600. The van der Waals surface area contributed by atoms with E-state index < -0.39 is 8.80 Å². The van der Waals surface area contributed by atoms with Crippen molar-refractivity contribution < 1.29 is 13.3 Å². The van der Waals surface area contributed by atoms with Crippen LogP contribution in [-0.4, -0.2) is 29.6 Å². The Bertz CT molecular complexity index is 176. The molecule has 0 amide bonds. The lowest BCUT2D eigenvalue weighted by Gasteiger charge is -2.24. The molecule has 0 aromatic heterocycles. The van der Waals surface area contributed by atoms with Gasteiger partial charge in [0.2, 0.25) is 0 Å². The van der Waals surface area contributed by atoms with Crippen LogP contribution in [0.25, 0.3) is 0 Å². The summed E-state index contributed by atoms with van der Waals surface area (Å²) in [7, 11) is 0.622. The molecule has 0 spiro atoms. The average Bonchev–Trinajstić information content (AvgIpc) is 2.20. The summed E-state index contributed by atoms with van der Waals surface area (Å²) in [6.07, 6.45) is 2.19. The van der Waals surface area contributed by atoms with Gasteiger partial charge in [0, 0.05) is 20.3 Å². The summed E-state index contributed by atoms with van der Waals surface area (Å²) in [5.74, 6) is 0. The van der Waals surface area contributed by atoms with Gasteiger partial charge in [-0.25, -0.2) is 0 Å². The summed E-state index contributed by atoms with van der Waals surface area (Å²) in [4.78, 5) is 0. The predicted molar refractivity (Wildman–Crippen MR) is 53.0 cm³/mol. The second-order valence-corrected chi connectivity index (χ2v) is 5.34. The fraction of sp³-hybridized carbons (Fsp3) is 0.625. The Morgan fingerprint density at radius 3 is 2.46 bits per heavy atom. The molecule has 4 nitrogen and oxygen atoms in total.